The van der Waals surface area contributed by atoms with Crippen LogP contribution in [0.3, 0.4) is 0 Å². The van der Waals surface area contributed by atoms with Crippen LogP contribution in [0.1, 0.15) is 12.5 Å². The summed E-state index contributed by atoms with van der Waals surface area (Å²) in [5.74, 6) is -0.0647. The molecule has 0 saturated heterocycles. The van der Waals surface area contributed by atoms with Crippen LogP contribution in [0.2, 0.25) is 0 Å². The quantitative estimate of drug-likeness (QED) is 0.886. The van der Waals surface area contributed by atoms with E-state index in [4.69, 9.17) is 4.84 Å². The molecule has 2 aromatic rings. The van der Waals surface area contributed by atoms with Crippen LogP contribution in [0, 0.1) is 0 Å². The van der Waals surface area contributed by atoms with Crippen LogP contribution in [-0.2, 0) is 9.63 Å². The summed E-state index contributed by atoms with van der Waals surface area (Å²) in [6.45, 7) is 1.95. The second-order valence-electron chi connectivity index (χ2n) is 4.79. The second-order valence-corrected chi connectivity index (χ2v) is 4.79. The van der Waals surface area contributed by atoms with Gasteiger partial charge in [0.1, 0.15) is 6.10 Å². The Morgan fingerprint density at radius 3 is 2.90 bits per heavy atom. The Balaban J connectivity index is 1.70. The summed E-state index contributed by atoms with van der Waals surface area (Å²) in [5, 5.41) is 2.73. The monoisotopic (exact) mass is 284 g/mol. The summed E-state index contributed by atoms with van der Waals surface area (Å²) in [4.78, 5) is 20.3. The summed E-state index contributed by atoms with van der Waals surface area (Å²) in [5.41, 5.74) is 5.88. The van der Waals surface area contributed by atoms with Gasteiger partial charge < -0.3 is 9.88 Å². The number of carbonyl (C=O) groups is 1. The fourth-order valence-electron chi connectivity index (χ4n) is 2.12. The van der Waals surface area contributed by atoms with E-state index in [2.05, 4.69) is 15.8 Å². The molecule has 21 heavy (non-hydrogen) atoms. The third-order valence-electron chi connectivity index (χ3n) is 3.21. The fourth-order valence-corrected chi connectivity index (χ4v) is 2.12. The summed E-state index contributed by atoms with van der Waals surface area (Å²) < 4.78 is 1.94. The van der Waals surface area contributed by atoms with Crippen molar-refractivity contribution < 1.29 is 9.63 Å². The van der Waals surface area contributed by atoms with E-state index in [-0.39, 0.29) is 12.0 Å². The predicted molar refractivity (Wildman–Crippen MR) is 78.2 cm³/mol. The minimum absolute atomic E-state index is 0.0647. The number of benzene rings is 1. The highest BCUT2D eigenvalue weighted by molar-refractivity contribution is 5.73. The minimum Gasteiger partial charge on any atom is -0.353 e. The van der Waals surface area contributed by atoms with Crippen LogP contribution < -0.4 is 10.8 Å². The third kappa shape index (κ3) is 3.11. The average Bonchev–Trinajstić information content (AvgIpc) is 3.17. The van der Waals surface area contributed by atoms with Crippen molar-refractivity contribution >= 4 is 11.6 Å². The molecule has 1 unspecified atom stereocenters. The number of rotatable bonds is 4. The maximum Gasteiger partial charge on any atom is 0.216 e. The first kappa shape index (κ1) is 13.4. The van der Waals surface area contributed by atoms with Crippen molar-refractivity contribution in [2.45, 2.75) is 13.0 Å². The van der Waals surface area contributed by atoms with Gasteiger partial charge in [-0.3, -0.25) is 15.1 Å². The topological polar surface area (TPSA) is 68.2 Å². The molecule has 0 spiro atoms. The Morgan fingerprint density at radius 1 is 1.43 bits per heavy atom. The van der Waals surface area contributed by atoms with Gasteiger partial charge in [0.05, 0.1) is 18.6 Å². The Morgan fingerprint density at radius 2 is 2.24 bits per heavy atom. The highest BCUT2D eigenvalue weighted by atomic mass is 16.7. The number of hydroxylamine groups is 1. The molecule has 3 rings (SSSR count). The Labute approximate surface area is 122 Å². The molecule has 2 N–H and O–H groups in total. The molecule has 1 aromatic heterocycles. The van der Waals surface area contributed by atoms with Gasteiger partial charge in [-0.05, 0) is 23.8 Å². The number of aromatic nitrogens is 2. The van der Waals surface area contributed by atoms with E-state index in [0.717, 1.165) is 16.9 Å². The molecule has 0 bridgehead atoms. The molecule has 0 aliphatic carbocycles. The van der Waals surface area contributed by atoms with Crippen molar-refractivity contribution in [3.8, 4) is 5.69 Å². The number of amides is 1. The van der Waals surface area contributed by atoms with E-state index in [9.17, 15) is 4.79 Å². The van der Waals surface area contributed by atoms with E-state index in [1.807, 2.05) is 41.1 Å². The van der Waals surface area contributed by atoms with E-state index >= 15 is 0 Å². The van der Waals surface area contributed by atoms with Crippen molar-refractivity contribution in [1.29, 1.82) is 0 Å². The zero-order chi connectivity index (χ0) is 14.7. The predicted octanol–water partition coefficient (Wildman–Crippen LogP) is 1.25. The van der Waals surface area contributed by atoms with Gasteiger partial charge in [-0.25, -0.2) is 4.98 Å². The summed E-state index contributed by atoms with van der Waals surface area (Å²) in [6, 6.07) is 8.05. The second kappa shape index (κ2) is 5.80. The lowest BCUT2D eigenvalue weighted by Gasteiger charge is -2.07. The molecule has 0 fully saturated rings. The normalized spacial score (nSPS) is 17.2. The molecule has 1 aliphatic heterocycles. The minimum atomic E-state index is -0.155. The van der Waals surface area contributed by atoms with Crippen molar-refractivity contribution in [3.63, 3.8) is 0 Å². The van der Waals surface area contributed by atoms with Gasteiger partial charge in [0, 0.05) is 25.0 Å². The van der Waals surface area contributed by atoms with Crippen LogP contribution in [0.5, 0.6) is 0 Å². The highest BCUT2D eigenvalue weighted by Gasteiger charge is 2.17. The molecule has 0 radical (unpaired) electrons. The molecule has 1 aliphatic rings. The third-order valence-corrected chi connectivity index (χ3v) is 3.21. The molecule has 108 valence electrons. The van der Waals surface area contributed by atoms with E-state index in [0.29, 0.717) is 6.54 Å². The van der Waals surface area contributed by atoms with Crippen molar-refractivity contribution in [2.24, 2.45) is 0 Å². The molecule has 6 nitrogen and oxygen atoms in total. The highest BCUT2D eigenvalue weighted by Crippen LogP contribution is 2.19. The van der Waals surface area contributed by atoms with Crippen LogP contribution in [0.25, 0.3) is 11.4 Å². The maximum absolute atomic E-state index is 10.9. The molecule has 1 atom stereocenters. The summed E-state index contributed by atoms with van der Waals surface area (Å²) in [7, 11) is 0. The number of nitrogens with one attached hydrogen (secondary N) is 2. The lowest BCUT2D eigenvalue weighted by molar-refractivity contribution is -0.119. The van der Waals surface area contributed by atoms with E-state index < -0.39 is 0 Å². The molecule has 0 saturated carbocycles. The lowest BCUT2D eigenvalue weighted by Crippen LogP contribution is -2.30. The first-order valence-corrected chi connectivity index (χ1v) is 6.69. The van der Waals surface area contributed by atoms with E-state index in [1.165, 1.54) is 6.92 Å². The molecular formula is C15H16N4O2. The molecule has 2 heterocycles. The number of hydrogen-bond acceptors (Lipinski definition) is 4. The zero-order valence-electron chi connectivity index (χ0n) is 11.6. The lowest BCUT2D eigenvalue weighted by atomic mass is 10.1. The first-order chi connectivity index (χ1) is 10.2. The Hall–Kier alpha value is -2.60. The van der Waals surface area contributed by atoms with Gasteiger partial charge in [0.25, 0.3) is 0 Å². The number of imidazole rings is 1. The van der Waals surface area contributed by atoms with Gasteiger partial charge in [0.2, 0.25) is 5.91 Å². The van der Waals surface area contributed by atoms with E-state index in [1.54, 1.807) is 12.5 Å². The molecular weight excluding hydrogens is 268 g/mol. The molecule has 1 amide bonds. The molecule has 1 aromatic carbocycles. The van der Waals surface area contributed by atoms with Gasteiger partial charge in [-0.15, -0.1) is 0 Å². The SMILES string of the molecule is CC(=O)NCC1C=C(c2ccc(-n3ccnc3)cc2)NO1. The van der Waals surface area contributed by atoms with Gasteiger partial charge >= 0.3 is 0 Å². The van der Waals surface area contributed by atoms with Crippen LogP contribution in [0.4, 0.5) is 0 Å². The van der Waals surface area contributed by atoms with Crippen molar-refractivity contribution in [3.05, 3.63) is 54.6 Å². The van der Waals surface area contributed by atoms with Gasteiger partial charge in [-0.1, -0.05) is 12.1 Å². The summed E-state index contributed by atoms with van der Waals surface area (Å²) in [6.07, 6.45) is 7.21. The van der Waals surface area contributed by atoms with Crippen LogP contribution in [0.15, 0.2) is 49.1 Å². The van der Waals surface area contributed by atoms with Gasteiger partial charge in [0.15, 0.2) is 0 Å². The number of hydrogen-bond donors (Lipinski definition) is 2. The Kier molecular flexibility index (Phi) is 3.70. The Bertz CT molecular complexity index is 647. The van der Waals surface area contributed by atoms with Crippen LogP contribution in [-0.4, -0.2) is 28.1 Å². The number of carbonyl (C=O) groups excluding carboxylic acids is 1. The van der Waals surface area contributed by atoms with Gasteiger partial charge in [-0.2, -0.15) is 0 Å². The largest absolute Gasteiger partial charge is 0.353 e. The number of nitrogens with zero attached hydrogens (tertiary/aromatic N) is 2. The zero-order valence-corrected chi connectivity index (χ0v) is 11.6. The molecule has 6 heteroatoms. The summed E-state index contributed by atoms with van der Waals surface area (Å²) >= 11 is 0. The maximum atomic E-state index is 10.9. The standard InChI is InChI=1S/C15H16N4O2/c1-11(20)17-9-14-8-15(18-21-14)12-2-4-13(5-3-12)19-7-6-16-10-19/h2-8,10,14,18H,9H2,1H3,(H,17,20). The smallest absolute Gasteiger partial charge is 0.216 e. The van der Waals surface area contributed by atoms with Crippen molar-refractivity contribution in [1.82, 2.24) is 20.3 Å². The van der Waals surface area contributed by atoms with Crippen LogP contribution >= 0.6 is 0 Å². The fraction of sp³-hybridized carbons (Fsp3) is 0.200. The first-order valence-electron chi connectivity index (χ1n) is 6.69. The van der Waals surface area contributed by atoms with Crippen molar-refractivity contribution in [2.75, 3.05) is 6.54 Å². The average molecular weight is 284 g/mol.